The van der Waals surface area contributed by atoms with Gasteiger partial charge >= 0.3 is 0 Å². The number of amides is 1. The summed E-state index contributed by atoms with van der Waals surface area (Å²) in [6.07, 6.45) is 0. The number of anilines is 2. The van der Waals surface area contributed by atoms with E-state index in [1.807, 2.05) is 43.1 Å². The van der Waals surface area contributed by atoms with Crippen molar-refractivity contribution in [3.05, 3.63) is 52.7 Å². The molecule has 0 bridgehead atoms. The summed E-state index contributed by atoms with van der Waals surface area (Å²) in [6, 6.07) is 10.7. The van der Waals surface area contributed by atoms with E-state index in [1.54, 1.807) is 6.07 Å². The molecule has 0 fully saturated rings. The second-order valence-corrected chi connectivity index (χ2v) is 5.25. The highest BCUT2D eigenvalue weighted by molar-refractivity contribution is 6.30. The summed E-state index contributed by atoms with van der Waals surface area (Å²) in [5, 5.41) is 0.682. The molecule has 0 saturated heterocycles. The molecule has 0 aliphatic rings. The fraction of sp³-hybridized carbons (Fsp3) is 0.200. The SMILES string of the molecule is CC(c1ccc(Cl)cc1)N(C)c1nc(C(N)=O)ccc1N. The first-order valence-electron chi connectivity index (χ1n) is 6.44. The zero-order valence-electron chi connectivity index (χ0n) is 11.9. The molecule has 0 aliphatic heterocycles. The van der Waals surface area contributed by atoms with Gasteiger partial charge in [0.05, 0.1) is 11.7 Å². The van der Waals surface area contributed by atoms with Crippen LogP contribution in [0.4, 0.5) is 11.5 Å². The molecule has 2 aromatic rings. The number of rotatable bonds is 4. The lowest BCUT2D eigenvalue weighted by atomic mass is 10.1. The van der Waals surface area contributed by atoms with Crippen molar-refractivity contribution in [2.45, 2.75) is 13.0 Å². The minimum Gasteiger partial charge on any atom is -0.396 e. The number of pyridine rings is 1. The molecule has 1 aromatic heterocycles. The van der Waals surface area contributed by atoms with Gasteiger partial charge in [-0.05, 0) is 36.8 Å². The van der Waals surface area contributed by atoms with Crippen LogP contribution in [0.2, 0.25) is 5.02 Å². The van der Waals surface area contributed by atoms with E-state index in [0.29, 0.717) is 16.5 Å². The number of nitrogens with zero attached hydrogens (tertiary/aromatic N) is 2. The highest BCUT2D eigenvalue weighted by Gasteiger charge is 2.17. The lowest BCUT2D eigenvalue weighted by Gasteiger charge is -2.27. The smallest absolute Gasteiger partial charge is 0.267 e. The maximum absolute atomic E-state index is 11.3. The highest BCUT2D eigenvalue weighted by Crippen LogP contribution is 2.28. The summed E-state index contributed by atoms with van der Waals surface area (Å²) in [4.78, 5) is 17.4. The molecule has 0 aliphatic carbocycles. The van der Waals surface area contributed by atoms with Gasteiger partial charge in [0.25, 0.3) is 5.91 Å². The molecule has 1 aromatic carbocycles. The van der Waals surface area contributed by atoms with Gasteiger partial charge in [-0.2, -0.15) is 0 Å². The Kier molecular flexibility index (Phi) is 4.33. The van der Waals surface area contributed by atoms with Gasteiger partial charge in [0.15, 0.2) is 5.82 Å². The molecule has 21 heavy (non-hydrogen) atoms. The van der Waals surface area contributed by atoms with Gasteiger partial charge in [-0.1, -0.05) is 23.7 Å². The van der Waals surface area contributed by atoms with Gasteiger partial charge in [-0.3, -0.25) is 4.79 Å². The predicted molar refractivity (Wildman–Crippen MR) is 85.4 cm³/mol. The number of primary amides is 1. The van der Waals surface area contributed by atoms with E-state index in [9.17, 15) is 4.79 Å². The number of aromatic nitrogens is 1. The van der Waals surface area contributed by atoms with Crippen LogP contribution in [0.3, 0.4) is 0 Å². The molecule has 1 unspecified atom stereocenters. The number of nitrogens with two attached hydrogens (primary N) is 2. The first-order chi connectivity index (χ1) is 9.90. The highest BCUT2D eigenvalue weighted by atomic mass is 35.5. The van der Waals surface area contributed by atoms with Crippen molar-refractivity contribution in [2.75, 3.05) is 17.7 Å². The Hall–Kier alpha value is -2.27. The van der Waals surface area contributed by atoms with Gasteiger partial charge in [0.2, 0.25) is 0 Å². The van der Waals surface area contributed by atoms with E-state index in [2.05, 4.69) is 4.98 Å². The maximum Gasteiger partial charge on any atom is 0.267 e. The number of hydrogen-bond acceptors (Lipinski definition) is 4. The van der Waals surface area contributed by atoms with Crippen molar-refractivity contribution in [2.24, 2.45) is 5.73 Å². The van der Waals surface area contributed by atoms with Crippen molar-refractivity contribution in [1.29, 1.82) is 0 Å². The number of nitrogen functional groups attached to an aromatic ring is 1. The fourth-order valence-corrected chi connectivity index (χ4v) is 2.15. The first kappa shape index (κ1) is 15.1. The minimum atomic E-state index is -0.580. The fourth-order valence-electron chi connectivity index (χ4n) is 2.03. The molecule has 1 atom stereocenters. The van der Waals surface area contributed by atoms with Crippen LogP contribution in [0, 0.1) is 0 Å². The van der Waals surface area contributed by atoms with Crippen molar-refractivity contribution < 1.29 is 4.79 Å². The number of carbonyl (C=O) groups is 1. The van der Waals surface area contributed by atoms with Crippen molar-refractivity contribution >= 4 is 29.0 Å². The molecule has 6 heteroatoms. The average Bonchev–Trinajstić information content (AvgIpc) is 2.47. The lowest BCUT2D eigenvalue weighted by Crippen LogP contribution is -2.25. The van der Waals surface area contributed by atoms with Gasteiger partial charge < -0.3 is 16.4 Å². The molecule has 2 rings (SSSR count). The standard InChI is InChI=1S/C15H17ClN4O/c1-9(10-3-5-11(16)6-4-10)20(2)15-12(17)7-8-13(19-15)14(18)21/h3-9H,17H2,1-2H3,(H2,18,21). The van der Waals surface area contributed by atoms with E-state index >= 15 is 0 Å². The van der Waals surface area contributed by atoms with Gasteiger partial charge in [0, 0.05) is 12.1 Å². The molecule has 1 heterocycles. The Morgan fingerprint density at radius 2 is 1.86 bits per heavy atom. The molecule has 5 nitrogen and oxygen atoms in total. The number of carbonyl (C=O) groups excluding carboxylic acids is 1. The van der Waals surface area contributed by atoms with Crippen LogP contribution >= 0.6 is 11.6 Å². The molecule has 0 radical (unpaired) electrons. The van der Waals surface area contributed by atoms with Gasteiger partial charge in [-0.25, -0.2) is 4.98 Å². The molecular weight excluding hydrogens is 288 g/mol. The second-order valence-electron chi connectivity index (χ2n) is 4.81. The van der Waals surface area contributed by atoms with Crippen molar-refractivity contribution in [3.8, 4) is 0 Å². The third-order valence-electron chi connectivity index (χ3n) is 3.43. The van der Waals surface area contributed by atoms with Gasteiger partial charge in [-0.15, -0.1) is 0 Å². The number of halogens is 1. The number of hydrogen-bond donors (Lipinski definition) is 2. The summed E-state index contributed by atoms with van der Waals surface area (Å²) in [6.45, 7) is 2.02. The maximum atomic E-state index is 11.3. The molecule has 0 saturated carbocycles. The number of benzene rings is 1. The Morgan fingerprint density at radius 3 is 2.43 bits per heavy atom. The van der Waals surface area contributed by atoms with Crippen molar-refractivity contribution in [1.82, 2.24) is 4.98 Å². The molecule has 1 amide bonds. The topological polar surface area (TPSA) is 85.2 Å². The second kappa shape index (κ2) is 6.01. The van der Waals surface area contributed by atoms with Crippen LogP contribution in [0.15, 0.2) is 36.4 Å². The van der Waals surface area contributed by atoms with E-state index in [0.717, 1.165) is 5.56 Å². The van der Waals surface area contributed by atoms with Crippen LogP contribution in [0.5, 0.6) is 0 Å². The molecular formula is C15H17ClN4O. The molecule has 4 N–H and O–H groups in total. The summed E-state index contributed by atoms with van der Waals surface area (Å²) < 4.78 is 0. The van der Waals surface area contributed by atoms with Crippen molar-refractivity contribution in [3.63, 3.8) is 0 Å². The Bertz CT molecular complexity index is 657. The third kappa shape index (κ3) is 3.25. The average molecular weight is 305 g/mol. The Labute approximate surface area is 128 Å². The largest absolute Gasteiger partial charge is 0.396 e. The lowest BCUT2D eigenvalue weighted by molar-refractivity contribution is 0.0995. The van der Waals surface area contributed by atoms with E-state index < -0.39 is 5.91 Å². The van der Waals surface area contributed by atoms with Crippen LogP contribution in [0.1, 0.15) is 29.0 Å². The summed E-state index contributed by atoms with van der Waals surface area (Å²) >= 11 is 5.90. The minimum absolute atomic E-state index is 0.0141. The van der Waals surface area contributed by atoms with E-state index in [-0.39, 0.29) is 11.7 Å². The molecule has 0 spiro atoms. The third-order valence-corrected chi connectivity index (χ3v) is 3.68. The van der Waals surface area contributed by atoms with E-state index in [4.69, 9.17) is 23.1 Å². The van der Waals surface area contributed by atoms with E-state index in [1.165, 1.54) is 6.07 Å². The molecule has 110 valence electrons. The quantitative estimate of drug-likeness (QED) is 0.909. The monoisotopic (exact) mass is 304 g/mol. The summed E-state index contributed by atoms with van der Waals surface area (Å²) in [5.74, 6) is -0.0578. The van der Waals surface area contributed by atoms with Gasteiger partial charge in [0.1, 0.15) is 5.69 Å². The Balaban J connectivity index is 2.34. The Morgan fingerprint density at radius 1 is 1.24 bits per heavy atom. The predicted octanol–water partition coefficient (Wildman–Crippen LogP) is 2.61. The van der Waals surface area contributed by atoms with Crippen LogP contribution in [-0.4, -0.2) is 17.9 Å². The normalized spacial score (nSPS) is 12.0. The van der Waals surface area contributed by atoms with Crippen LogP contribution in [-0.2, 0) is 0 Å². The summed E-state index contributed by atoms with van der Waals surface area (Å²) in [7, 11) is 1.86. The zero-order chi connectivity index (χ0) is 15.6. The summed E-state index contributed by atoms with van der Waals surface area (Å²) in [5.41, 5.74) is 13.0. The zero-order valence-corrected chi connectivity index (χ0v) is 12.6. The van der Waals surface area contributed by atoms with Crippen LogP contribution < -0.4 is 16.4 Å². The van der Waals surface area contributed by atoms with Crippen LogP contribution in [0.25, 0.3) is 0 Å². The first-order valence-corrected chi connectivity index (χ1v) is 6.82.